The third-order valence-corrected chi connectivity index (χ3v) is 4.78. The van der Waals surface area contributed by atoms with Crippen molar-refractivity contribution >= 4 is 21.8 Å². The summed E-state index contributed by atoms with van der Waals surface area (Å²) in [5, 5.41) is 9.59. The molecule has 1 heterocycles. The summed E-state index contributed by atoms with van der Waals surface area (Å²) in [5.74, 6) is 0.294. The molecule has 0 saturated carbocycles. The van der Waals surface area contributed by atoms with Gasteiger partial charge in [-0.1, -0.05) is 22.0 Å². The van der Waals surface area contributed by atoms with Crippen molar-refractivity contribution in [2.75, 3.05) is 6.54 Å². The number of hydrogen-bond donors (Lipinski definition) is 1. The second kappa shape index (κ2) is 5.53. The minimum Gasteiger partial charge on any atom is -0.508 e. The van der Waals surface area contributed by atoms with E-state index in [-0.39, 0.29) is 11.7 Å². The molecule has 1 amide bonds. The lowest BCUT2D eigenvalue weighted by Crippen LogP contribution is -2.35. The maximum absolute atomic E-state index is 12.6. The van der Waals surface area contributed by atoms with Gasteiger partial charge in [-0.25, -0.2) is 0 Å². The molecule has 0 unspecified atom stereocenters. The number of halogens is 1. The van der Waals surface area contributed by atoms with E-state index in [1.807, 2.05) is 36.1 Å². The predicted octanol–water partition coefficient (Wildman–Crippen LogP) is 3.66. The van der Waals surface area contributed by atoms with E-state index in [1.54, 1.807) is 12.1 Å². The Kier molecular flexibility index (Phi) is 3.72. The maximum atomic E-state index is 12.6. The zero-order valence-corrected chi connectivity index (χ0v) is 13.4. The number of nitrogens with zero attached hydrogens (tertiary/aromatic N) is 1. The first-order valence-corrected chi connectivity index (χ1v) is 7.70. The average Bonchev–Trinajstić information content (AvgIpc) is 2.48. The van der Waals surface area contributed by atoms with Crippen LogP contribution in [-0.2, 0) is 13.0 Å². The molecule has 0 radical (unpaired) electrons. The standard InChI is InChI=1S/C17H16BrNO2/c1-11-8-13(3-5-16(11)18)17(21)19-7-6-12-2-4-15(20)9-14(12)10-19/h2-5,8-9,20H,6-7,10H2,1H3. The maximum Gasteiger partial charge on any atom is 0.254 e. The van der Waals surface area contributed by atoms with Gasteiger partial charge in [-0.3, -0.25) is 4.79 Å². The summed E-state index contributed by atoms with van der Waals surface area (Å²) in [4.78, 5) is 14.4. The molecule has 0 atom stereocenters. The fourth-order valence-corrected chi connectivity index (χ4v) is 2.92. The SMILES string of the molecule is Cc1cc(C(=O)N2CCc3ccc(O)cc3C2)ccc1Br. The molecule has 1 aliphatic heterocycles. The smallest absolute Gasteiger partial charge is 0.254 e. The Morgan fingerprint density at radius 1 is 1.19 bits per heavy atom. The van der Waals surface area contributed by atoms with E-state index in [2.05, 4.69) is 15.9 Å². The van der Waals surface area contributed by atoms with Gasteiger partial charge in [-0.15, -0.1) is 0 Å². The van der Waals surface area contributed by atoms with Crippen molar-refractivity contribution in [3.8, 4) is 5.75 Å². The number of aryl methyl sites for hydroxylation is 1. The molecule has 0 aliphatic carbocycles. The molecule has 3 rings (SSSR count). The van der Waals surface area contributed by atoms with E-state index in [0.717, 1.165) is 22.0 Å². The number of fused-ring (bicyclic) bond motifs is 1. The van der Waals surface area contributed by atoms with Gasteiger partial charge >= 0.3 is 0 Å². The Morgan fingerprint density at radius 3 is 2.76 bits per heavy atom. The van der Waals surface area contributed by atoms with Crippen molar-refractivity contribution in [2.45, 2.75) is 19.9 Å². The minimum atomic E-state index is 0.0413. The number of aromatic hydroxyl groups is 1. The minimum absolute atomic E-state index is 0.0413. The predicted molar refractivity (Wildman–Crippen MR) is 85.4 cm³/mol. The number of phenols is 1. The molecule has 0 fully saturated rings. The molecule has 0 bridgehead atoms. The Morgan fingerprint density at radius 2 is 2.00 bits per heavy atom. The van der Waals surface area contributed by atoms with Gasteiger partial charge in [0.25, 0.3) is 5.91 Å². The molecular weight excluding hydrogens is 330 g/mol. The van der Waals surface area contributed by atoms with Crippen LogP contribution in [0.25, 0.3) is 0 Å². The largest absolute Gasteiger partial charge is 0.508 e. The van der Waals surface area contributed by atoms with Crippen molar-refractivity contribution in [1.82, 2.24) is 4.90 Å². The number of phenolic OH excluding ortho intramolecular Hbond substituents is 1. The molecule has 2 aromatic carbocycles. The molecule has 4 heteroatoms. The third kappa shape index (κ3) is 2.81. The Labute approximate surface area is 132 Å². The monoisotopic (exact) mass is 345 g/mol. The number of hydrogen-bond acceptors (Lipinski definition) is 2. The first kappa shape index (κ1) is 14.1. The van der Waals surface area contributed by atoms with Crippen molar-refractivity contribution in [2.24, 2.45) is 0 Å². The quantitative estimate of drug-likeness (QED) is 0.856. The average molecular weight is 346 g/mol. The van der Waals surface area contributed by atoms with Crippen LogP contribution in [0.4, 0.5) is 0 Å². The fourth-order valence-electron chi connectivity index (χ4n) is 2.68. The second-order valence-electron chi connectivity index (χ2n) is 5.39. The van der Waals surface area contributed by atoms with Crippen molar-refractivity contribution in [3.63, 3.8) is 0 Å². The second-order valence-corrected chi connectivity index (χ2v) is 6.25. The summed E-state index contributed by atoms with van der Waals surface area (Å²) in [5.41, 5.74) is 4.00. The van der Waals surface area contributed by atoms with E-state index >= 15 is 0 Å². The van der Waals surface area contributed by atoms with Crippen LogP contribution in [0.1, 0.15) is 27.0 Å². The van der Waals surface area contributed by atoms with Gasteiger partial charge in [-0.2, -0.15) is 0 Å². The molecule has 1 aliphatic rings. The Hall–Kier alpha value is -1.81. The zero-order valence-electron chi connectivity index (χ0n) is 11.8. The van der Waals surface area contributed by atoms with E-state index in [0.29, 0.717) is 18.7 Å². The molecule has 0 spiro atoms. The van der Waals surface area contributed by atoms with Crippen LogP contribution in [-0.4, -0.2) is 22.5 Å². The first-order valence-electron chi connectivity index (χ1n) is 6.91. The van der Waals surface area contributed by atoms with Crippen molar-refractivity contribution in [1.29, 1.82) is 0 Å². The molecule has 0 aromatic heterocycles. The fraction of sp³-hybridized carbons (Fsp3) is 0.235. The van der Waals surface area contributed by atoms with Gasteiger partial charge in [0.05, 0.1) is 0 Å². The number of amides is 1. The van der Waals surface area contributed by atoms with Gasteiger partial charge in [0.1, 0.15) is 5.75 Å². The molecular formula is C17H16BrNO2. The highest BCUT2D eigenvalue weighted by Gasteiger charge is 2.22. The van der Waals surface area contributed by atoms with Gasteiger partial charge in [0.15, 0.2) is 0 Å². The lowest BCUT2D eigenvalue weighted by atomic mass is 9.98. The third-order valence-electron chi connectivity index (χ3n) is 3.89. The van der Waals surface area contributed by atoms with Crippen molar-refractivity contribution < 1.29 is 9.90 Å². The van der Waals surface area contributed by atoms with Crippen LogP contribution >= 0.6 is 15.9 Å². The zero-order chi connectivity index (χ0) is 15.0. The molecule has 21 heavy (non-hydrogen) atoms. The van der Waals surface area contributed by atoms with Crippen LogP contribution in [0.3, 0.4) is 0 Å². The van der Waals surface area contributed by atoms with Gasteiger partial charge in [-0.05, 0) is 60.4 Å². The summed E-state index contributed by atoms with van der Waals surface area (Å²) in [6.45, 7) is 3.24. The number of carbonyl (C=O) groups excluding carboxylic acids is 1. The van der Waals surface area contributed by atoms with Crippen molar-refractivity contribution in [3.05, 3.63) is 63.1 Å². The number of benzene rings is 2. The molecule has 2 aromatic rings. The lowest BCUT2D eigenvalue weighted by Gasteiger charge is -2.29. The number of rotatable bonds is 1. The summed E-state index contributed by atoms with van der Waals surface area (Å²) in [6.07, 6.45) is 0.830. The lowest BCUT2D eigenvalue weighted by molar-refractivity contribution is 0.0734. The highest BCUT2D eigenvalue weighted by molar-refractivity contribution is 9.10. The molecule has 108 valence electrons. The summed E-state index contributed by atoms with van der Waals surface area (Å²) < 4.78 is 1.01. The number of carbonyl (C=O) groups is 1. The van der Waals surface area contributed by atoms with Gasteiger partial charge in [0, 0.05) is 23.1 Å². The normalized spacial score (nSPS) is 13.9. The first-order chi connectivity index (χ1) is 10.0. The van der Waals surface area contributed by atoms with E-state index < -0.39 is 0 Å². The van der Waals surface area contributed by atoms with Crippen LogP contribution in [0.5, 0.6) is 5.75 Å². The summed E-state index contributed by atoms with van der Waals surface area (Å²) >= 11 is 3.45. The van der Waals surface area contributed by atoms with E-state index in [4.69, 9.17) is 0 Å². The van der Waals surface area contributed by atoms with Crippen LogP contribution in [0, 0.1) is 6.92 Å². The molecule has 1 N–H and O–H groups in total. The topological polar surface area (TPSA) is 40.5 Å². The van der Waals surface area contributed by atoms with E-state index in [1.165, 1.54) is 5.56 Å². The highest BCUT2D eigenvalue weighted by atomic mass is 79.9. The Balaban J connectivity index is 1.85. The summed E-state index contributed by atoms with van der Waals surface area (Å²) in [6, 6.07) is 11.1. The van der Waals surface area contributed by atoms with Gasteiger partial charge in [0.2, 0.25) is 0 Å². The molecule has 0 saturated heterocycles. The van der Waals surface area contributed by atoms with Gasteiger partial charge < -0.3 is 10.0 Å². The van der Waals surface area contributed by atoms with E-state index in [9.17, 15) is 9.90 Å². The Bertz CT molecular complexity index is 712. The summed E-state index contributed by atoms with van der Waals surface area (Å²) in [7, 11) is 0. The molecule has 3 nitrogen and oxygen atoms in total. The highest BCUT2D eigenvalue weighted by Crippen LogP contribution is 2.25. The van der Waals surface area contributed by atoms with Crippen LogP contribution in [0.2, 0.25) is 0 Å². The van der Waals surface area contributed by atoms with Crippen LogP contribution in [0.15, 0.2) is 40.9 Å². The van der Waals surface area contributed by atoms with Crippen LogP contribution < -0.4 is 0 Å².